The first-order valence-corrected chi connectivity index (χ1v) is 5.38. The maximum Gasteiger partial charge on any atom is 0.112 e. The molecule has 2 aromatic heterocycles. The fraction of sp³-hybridized carbons (Fsp3) is 0.455. The molecule has 0 unspecified atom stereocenters. The van der Waals surface area contributed by atoms with Crippen molar-refractivity contribution in [1.82, 2.24) is 14.8 Å². The van der Waals surface area contributed by atoms with E-state index in [1.807, 2.05) is 18.7 Å². The number of pyridine rings is 1. The molecular formula is C11H14ClN3. The van der Waals surface area contributed by atoms with Crippen molar-refractivity contribution in [3.8, 4) is 0 Å². The van der Waals surface area contributed by atoms with Gasteiger partial charge < -0.3 is 0 Å². The van der Waals surface area contributed by atoms with Crippen LogP contribution in [0.4, 0.5) is 0 Å². The van der Waals surface area contributed by atoms with E-state index in [4.69, 9.17) is 11.6 Å². The van der Waals surface area contributed by atoms with Crippen LogP contribution in [0.15, 0.2) is 6.20 Å². The lowest BCUT2D eigenvalue weighted by Gasteiger charge is -2.10. The fourth-order valence-electron chi connectivity index (χ4n) is 1.96. The van der Waals surface area contributed by atoms with Crippen LogP contribution in [0, 0.1) is 6.92 Å². The monoisotopic (exact) mass is 223 g/mol. The third-order valence-corrected chi connectivity index (χ3v) is 2.89. The molecule has 4 heteroatoms. The number of hydrogen-bond donors (Lipinski definition) is 0. The van der Waals surface area contributed by atoms with Crippen LogP contribution in [0.2, 0.25) is 5.02 Å². The van der Waals surface area contributed by atoms with E-state index in [-0.39, 0.29) is 0 Å². The number of rotatable bonds is 1. The average molecular weight is 224 g/mol. The van der Waals surface area contributed by atoms with Gasteiger partial charge in [-0.1, -0.05) is 25.4 Å². The lowest BCUT2D eigenvalue weighted by Crippen LogP contribution is -1.98. The summed E-state index contributed by atoms with van der Waals surface area (Å²) in [6, 6.07) is 0. The number of aromatic nitrogens is 3. The largest absolute Gasteiger partial charge is 0.266 e. The van der Waals surface area contributed by atoms with Crippen molar-refractivity contribution in [3.05, 3.63) is 22.5 Å². The van der Waals surface area contributed by atoms with Gasteiger partial charge in [-0.25, -0.2) is 0 Å². The zero-order valence-corrected chi connectivity index (χ0v) is 10.1. The first-order chi connectivity index (χ1) is 7.02. The molecule has 0 spiro atoms. The summed E-state index contributed by atoms with van der Waals surface area (Å²) in [4.78, 5) is 4.33. The predicted octanol–water partition coefficient (Wildman–Crippen LogP) is 3.05. The molecule has 0 aliphatic heterocycles. The molecule has 0 fully saturated rings. The molecule has 3 nitrogen and oxygen atoms in total. The van der Waals surface area contributed by atoms with Crippen molar-refractivity contribution in [1.29, 1.82) is 0 Å². The average Bonchev–Trinajstić information content (AvgIpc) is 2.41. The molecule has 80 valence electrons. The summed E-state index contributed by atoms with van der Waals surface area (Å²) in [6.07, 6.45) is 1.72. The molecule has 15 heavy (non-hydrogen) atoms. The number of halogens is 1. The zero-order chi connectivity index (χ0) is 11.2. The second kappa shape index (κ2) is 3.49. The van der Waals surface area contributed by atoms with E-state index >= 15 is 0 Å². The van der Waals surface area contributed by atoms with E-state index in [0.29, 0.717) is 5.92 Å². The van der Waals surface area contributed by atoms with E-state index in [9.17, 15) is 0 Å². The molecule has 2 heterocycles. The van der Waals surface area contributed by atoms with Gasteiger partial charge in [0.15, 0.2) is 0 Å². The van der Waals surface area contributed by atoms with E-state index in [2.05, 4.69) is 23.9 Å². The van der Waals surface area contributed by atoms with Crippen LogP contribution in [0.3, 0.4) is 0 Å². The highest BCUT2D eigenvalue weighted by molar-refractivity contribution is 6.32. The molecule has 0 saturated carbocycles. The second-order valence-corrected chi connectivity index (χ2v) is 4.49. The summed E-state index contributed by atoms with van der Waals surface area (Å²) in [5, 5.41) is 5.09. The van der Waals surface area contributed by atoms with Gasteiger partial charge in [0.25, 0.3) is 0 Å². The highest BCUT2D eigenvalue weighted by Crippen LogP contribution is 2.31. The first-order valence-electron chi connectivity index (χ1n) is 5.00. The molecule has 0 amide bonds. The smallest absolute Gasteiger partial charge is 0.112 e. The third kappa shape index (κ3) is 1.51. The van der Waals surface area contributed by atoms with Crippen molar-refractivity contribution in [2.75, 3.05) is 0 Å². The van der Waals surface area contributed by atoms with Crippen LogP contribution >= 0.6 is 11.6 Å². The van der Waals surface area contributed by atoms with Crippen molar-refractivity contribution >= 4 is 22.6 Å². The van der Waals surface area contributed by atoms with Crippen molar-refractivity contribution in [2.24, 2.45) is 7.05 Å². The molecular weight excluding hydrogens is 210 g/mol. The Balaban J connectivity index is 2.92. The minimum Gasteiger partial charge on any atom is -0.266 e. The molecule has 0 radical (unpaired) electrons. The lowest BCUT2D eigenvalue weighted by atomic mass is 10.0. The Morgan fingerprint density at radius 3 is 2.67 bits per heavy atom. The quantitative estimate of drug-likeness (QED) is 0.744. The number of aryl methyl sites for hydroxylation is 2. The van der Waals surface area contributed by atoms with Crippen LogP contribution in [-0.4, -0.2) is 14.8 Å². The molecule has 0 saturated heterocycles. The Morgan fingerprint density at radius 2 is 2.07 bits per heavy atom. The summed E-state index contributed by atoms with van der Waals surface area (Å²) in [5.41, 5.74) is 4.08. The Hall–Kier alpha value is -1.09. The van der Waals surface area contributed by atoms with Gasteiger partial charge in [-0.15, -0.1) is 0 Å². The van der Waals surface area contributed by atoms with Crippen LogP contribution in [0.5, 0.6) is 0 Å². The van der Waals surface area contributed by atoms with E-state index < -0.39 is 0 Å². The van der Waals surface area contributed by atoms with Gasteiger partial charge in [0, 0.05) is 18.8 Å². The highest BCUT2D eigenvalue weighted by atomic mass is 35.5. The van der Waals surface area contributed by atoms with Gasteiger partial charge in [-0.05, 0) is 12.8 Å². The highest BCUT2D eigenvalue weighted by Gasteiger charge is 2.16. The number of hydrogen-bond acceptors (Lipinski definition) is 2. The predicted molar refractivity (Wildman–Crippen MR) is 62.3 cm³/mol. The topological polar surface area (TPSA) is 30.7 Å². The van der Waals surface area contributed by atoms with E-state index in [1.165, 1.54) is 0 Å². The number of fused-ring (bicyclic) bond motifs is 1. The van der Waals surface area contributed by atoms with Gasteiger partial charge in [-0.3, -0.25) is 9.67 Å². The molecule has 0 bridgehead atoms. The molecule has 0 aromatic carbocycles. The van der Waals surface area contributed by atoms with Gasteiger partial charge >= 0.3 is 0 Å². The summed E-state index contributed by atoms with van der Waals surface area (Å²) >= 11 is 6.18. The SMILES string of the molecule is Cc1nn(C)c2c(C(C)C)c(Cl)cnc12. The first kappa shape index (κ1) is 10.4. The van der Waals surface area contributed by atoms with Crippen LogP contribution in [-0.2, 0) is 7.05 Å². The van der Waals surface area contributed by atoms with Crippen molar-refractivity contribution in [2.45, 2.75) is 26.7 Å². The van der Waals surface area contributed by atoms with E-state index in [1.54, 1.807) is 6.20 Å². The second-order valence-electron chi connectivity index (χ2n) is 4.08. The van der Waals surface area contributed by atoms with E-state index in [0.717, 1.165) is 27.3 Å². The molecule has 0 N–H and O–H groups in total. The van der Waals surface area contributed by atoms with Crippen molar-refractivity contribution in [3.63, 3.8) is 0 Å². The lowest BCUT2D eigenvalue weighted by molar-refractivity contribution is 0.769. The fourth-order valence-corrected chi connectivity index (χ4v) is 2.31. The Bertz CT molecular complexity index is 514. The minimum atomic E-state index is 0.373. The van der Waals surface area contributed by atoms with Crippen LogP contribution in [0.25, 0.3) is 11.0 Å². The van der Waals surface area contributed by atoms with Crippen LogP contribution < -0.4 is 0 Å². The van der Waals surface area contributed by atoms with Crippen LogP contribution in [0.1, 0.15) is 31.0 Å². The zero-order valence-electron chi connectivity index (χ0n) is 9.37. The maximum absolute atomic E-state index is 6.18. The molecule has 0 aliphatic rings. The molecule has 2 aromatic rings. The third-order valence-electron chi connectivity index (χ3n) is 2.59. The van der Waals surface area contributed by atoms with Gasteiger partial charge in [-0.2, -0.15) is 5.10 Å². The van der Waals surface area contributed by atoms with Gasteiger partial charge in [0.1, 0.15) is 5.52 Å². The summed E-state index contributed by atoms with van der Waals surface area (Å²) in [6.45, 7) is 6.22. The van der Waals surface area contributed by atoms with Gasteiger partial charge in [0.05, 0.1) is 16.2 Å². The summed E-state index contributed by atoms with van der Waals surface area (Å²) in [7, 11) is 1.93. The number of nitrogens with zero attached hydrogens (tertiary/aromatic N) is 3. The Morgan fingerprint density at radius 1 is 1.40 bits per heavy atom. The Kier molecular flexibility index (Phi) is 2.43. The summed E-state index contributed by atoms with van der Waals surface area (Å²) < 4.78 is 1.86. The standard InChI is InChI=1S/C11H14ClN3/c1-6(2)9-8(12)5-13-10-7(3)14-15(4)11(9)10/h5-6H,1-4H3. The maximum atomic E-state index is 6.18. The molecule has 0 atom stereocenters. The minimum absolute atomic E-state index is 0.373. The Labute approximate surface area is 94.1 Å². The normalized spacial score (nSPS) is 11.6. The van der Waals surface area contributed by atoms with Crippen molar-refractivity contribution < 1.29 is 0 Å². The summed E-state index contributed by atoms with van der Waals surface area (Å²) in [5.74, 6) is 0.373. The molecule has 2 rings (SSSR count). The molecule has 0 aliphatic carbocycles. The van der Waals surface area contributed by atoms with Gasteiger partial charge in [0.2, 0.25) is 0 Å².